The summed E-state index contributed by atoms with van der Waals surface area (Å²) in [6.45, 7) is 18.1. The highest BCUT2D eigenvalue weighted by Gasteiger charge is 2.78. The van der Waals surface area contributed by atoms with Gasteiger partial charge in [-0.25, -0.2) is 0 Å². The molecule has 3 fully saturated rings. The molecule has 0 saturated carbocycles. The fourth-order valence-electron chi connectivity index (χ4n) is 7.63. The second-order valence-corrected chi connectivity index (χ2v) is 14.4. The Morgan fingerprint density at radius 1 is 1.21 bits per heavy atom. The van der Waals surface area contributed by atoms with E-state index in [4.69, 9.17) is 4.74 Å². The van der Waals surface area contributed by atoms with Crippen LogP contribution in [0.5, 0.6) is 0 Å². The Balaban J connectivity index is 1.80. The number of amides is 2. The van der Waals surface area contributed by atoms with Crippen molar-refractivity contribution in [2.75, 3.05) is 24.7 Å². The largest absolute Gasteiger partial charge is 0.465 e. The Bertz CT molecular complexity index is 1200. The molecule has 0 aliphatic carbocycles. The zero-order valence-corrected chi connectivity index (χ0v) is 26.8. The third-order valence-electron chi connectivity index (χ3n) is 9.88. The second kappa shape index (κ2) is 13.0. The van der Waals surface area contributed by atoms with E-state index in [1.54, 1.807) is 27.6 Å². The summed E-state index contributed by atoms with van der Waals surface area (Å²) in [6, 6.07) is 4.58. The maximum absolute atomic E-state index is 15.0. The number of ether oxygens (including phenoxy) is 1. The second-order valence-electron chi connectivity index (χ2n) is 12.5. The number of benzene rings is 1. The summed E-state index contributed by atoms with van der Waals surface area (Å²) in [4.78, 5) is 46.8. The predicted molar refractivity (Wildman–Crippen MR) is 169 cm³/mol. The van der Waals surface area contributed by atoms with Crippen molar-refractivity contribution in [3.05, 3.63) is 54.6 Å². The zero-order valence-electron chi connectivity index (χ0n) is 25.9. The van der Waals surface area contributed by atoms with Gasteiger partial charge in [0.05, 0.1) is 35.8 Å². The molecule has 1 spiro atoms. The highest BCUT2D eigenvalue weighted by Crippen LogP contribution is 2.72. The number of aryl methyl sites for hydroxylation is 2. The molecule has 1 aromatic rings. The van der Waals surface area contributed by atoms with E-state index in [-0.39, 0.29) is 36.9 Å². The number of esters is 1. The fourth-order valence-corrected chi connectivity index (χ4v) is 9.95. The molecule has 2 bridgehead atoms. The molecule has 3 saturated heterocycles. The zero-order chi connectivity index (χ0) is 30.8. The van der Waals surface area contributed by atoms with E-state index in [2.05, 4.69) is 20.1 Å². The number of anilines is 1. The number of allylic oxidation sites excluding steroid dienone is 1. The number of fused-ring (bicyclic) bond motifs is 1. The SMILES string of the molecule is C=CCCCCOC(=O)[C@H]1[C@H]2C(=O)N([C@@H](CO)[C@@H](C)CC)C(C(=O)N(CC=C)c3c(C)cccc3C)C23CC[C@]1(C)S3. The lowest BCUT2D eigenvalue weighted by atomic mass is 9.66. The van der Waals surface area contributed by atoms with E-state index in [9.17, 15) is 19.5 Å². The van der Waals surface area contributed by atoms with Crippen molar-refractivity contribution >= 4 is 35.2 Å². The van der Waals surface area contributed by atoms with E-state index in [0.717, 1.165) is 42.5 Å². The topological polar surface area (TPSA) is 87.1 Å². The van der Waals surface area contributed by atoms with Crippen molar-refractivity contribution in [1.82, 2.24) is 4.90 Å². The van der Waals surface area contributed by atoms with Crippen LogP contribution >= 0.6 is 11.8 Å². The van der Waals surface area contributed by atoms with E-state index in [1.165, 1.54) is 0 Å². The summed E-state index contributed by atoms with van der Waals surface area (Å²) >= 11 is 1.63. The van der Waals surface area contributed by atoms with Crippen LogP contribution in [0.4, 0.5) is 5.69 Å². The van der Waals surface area contributed by atoms with Crippen LogP contribution in [-0.4, -0.2) is 69.1 Å². The van der Waals surface area contributed by atoms with Crippen LogP contribution < -0.4 is 4.90 Å². The van der Waals surface area contributed by atoms with Crippen LogP contribution in [-0.2, 0) is 19.1 Å². The molecule has 1 N–H and O–H groups in total. The number of rotatable bonds is 14. The molecule has 7 nitrogen and oxygen atoms in total. The van der Waals surface area contributed by atoms with Gasteiger partial charge in [-0.1, -0.05) is 50.6 Å². The minimum atomic E-state index is -0.822. The maximum Gasteiger partial charge on any atom is 0.311 e. The van der Waals surface area contributed by atoms with Crippen LogP contribution in [0, 0.1) is 31.6 Å². The van der Waals surface area contributed by atoms with Gasteiger partial charge in [0.15, 0.2) is 0 Å². The lowest BCUT2D eigenvalue weighted by Gasteiger charge is -2.41. The van der Waals surface area contributed by atoms with Gasteiger partial charge in [-0.05, 0) is 69.9 Å². The minimum absolute atomic E-state index is 0.0365. The number of aliphatic hydroxyl groups is 1. The van der Waals surface area contributed by atoms with E-state index < -0.39 is 33.4 Å². The molecule has 1 aromatic carbocycles. The molecule has 2 unspecified atom stereocenters. The summed E-state index contributed by atoms with van der Waals surface area (Å²) in [5.41, 5.74) is 2.74. The molecule has 7 atom stereocenters. The van der Waals surface area contributed by atoms with Crippen molar-refractivity contribution in [2.45, 2.75) is 94.7 Å². The van der Waals surface area contributed by atoms with Gasteiger partial charge in [-0.2, -0.15) is 0 Å². The van der Waals surface area contributed by atoms with Crippen molar-refractivity contribution in [2.24, 2.45) is 17.8 Å². The highest BCUT2D eigenvalue weighted by molar-refractivity contribution is 8.02. The summed E-state index contributed by atoms with van der Waals surface area (Å²) < 4.78 is 4.51. The molecule has 230 valence electrons. The Morgan fingerprint density at radius 2 is 1.90 bits per heavy atom. The third-order valence-corrected chi connectivity index (χ3v) is 11.9. The molecule has 4 rings (SSSR count). The first-order valence-corrected chi connectivity index (χ1v) is 16.2. The van der Waals surface area contributed by atoms with Gasteiger partial charge in [0.25, 0.3) is 5.91 Å². The molecule has 3 heterocycles. The smallest absolute Gasteiger partial charge is 0.311 e. The minimum Gasteiger partial charge on any atom is -0.465 e. The van der Waals surface area contributed by atoms with Gasteiger partial charge in [0, 0.05) is 17.0 Å². The van der Waals surface area contributed by atoms with Crippen molar-refractivity contribution < 1.29 is 24.2 Å². The molecular formula is C34H48N2O5S. The number of unbranched alkanes of at least 4 members (excludes halogenated alkanes) is 2. The lowest BCUT2D eigenvalue weighted by molar-refractivity contribution is -0.156. The Kier molecular flexibility index (Phi) is 9.98. The summed E-state index contributed by atoms with van der Waals surface area (Å²) in [6.07, 6.45) is 8.14. The Labute approximate surface area is 255 Å². The summed E-state index contributed by atoms with van der Waals surface area (Å²) in [5, 5.41) is 10.7. The average molecular weight is 597 g/mol. The number of para-hydroxylation sites is 1. The summed E-state index contributed by atoms with van der Waals surface area (Å²) in [7, 11) is 0. The Morgan fingerprint density at radius 3 is 2.50 bits per heavy atom. The van der Waals surface area contributed by atoms with Gasteiger partial charge in [-0.3, -0.25) is 14.4 Å². The Hall–Kier alpha value is -2.58. The fraction of sp³-hybridized carbons (Fsp3) is 0.618. The molecule has 3 aliphatic heterocycles. The molecular weight excluding hydrogens is 548 g/mol. The van der Waals surface area contributed by atoms with Gasteiger partial charge in [-0.15, -0.1) is 24.9 Å². The number of carbonyl (C=O) groups is 3. The van der Waals surface area contributed by atoms with Crippen molar-refractivity contribution in [3.63, 3.8) is 0 Å². The monoisotopic (exact) mass is 596 g/mol. The van der Waals surface area contributed by atoms with E-state index in [1.807, 2.05) is 52.0 Å². The molecule has 8 heteroatoms. The molecule has 3 aliphatic rings. The number of hydrogen-bond acceptors (Lipinski definition) is 6. The molecule has 0 radical (unpaired) electrons. The molecule has 42 heavy (non-hydrogen) atoms. The standard InChI is InChI=1S/C34H48N2O5S/c1-8-11-12-13-20-41-32(40)27-26-30(38)36(25(21-37)22(4)10-3)29(34(26)18-17-33(27,7)42-34)31(39)35(19-9-2)28-23(5)15-14-16-24(28)6/h8-9,14-16,22,25-27,29,37H,1-2,10-13,17-21H2,3-7H3/t22-,25-,26-,27+,29?,33-,34?/m0/s1. The van der Waals surface area contributed by atoms with E-state index >= 15 is 0 Å². The number of hydrogen-bond donors (Lipinski definition) is 1. The van der Waals surface area contributed by atoms with Crippen LogP contribution in [0.3, 0.4) is 0 Å². The number of aliphatic hydroxyl groups excluding tert-OH is 1. The first-order chi connectivity index (χ1) is 20.0. The number of thioether (sulfide) groups is 1. The van der Waals surface area contributed by atoms with E-state index in [0.29, 0.717) is 19.4 Å². The molecule has 0 aromatic heterocycles. The number of carbonyl (C=O) groups excluding carboxylic acids is 3. The predicted octanol–water partition coefficient (Wildman–Crippen LogP) is 5.61. The maximum atomic E-state index is 15.0. The van der Waals surface area contributed by atoms with Crippen molar-refractivity contribution in [1.29, 1.82) is 0 Å². The first kappa shape index (κ1) is 32.3. The first-order valence-electron chi connectivity index (χ1n) is 15.4. The number of nitrogens with zero attached hydrogens (tertiary/aromatic N) is 2. The van der Waals surface area contributed by atoms with Gasteiger partial charge in [0.1, 0.15) is 6.04 Å². The van der Waals surface area contributed by atoms with Gasteiger partial charge in [0.2, 0.25) is 5.91 Å². The highest BCUT2D eigenvalue weighted by atomic mass is 32.2. The average Bonchev–Trinajstić information content (AvgIpc) is 3.53. The lowest BCUT2D eigenvalue weighted by Crippen LogP contribution is -2.59. The van der Waals surface area contributed by atoms with Crippen molar-refractivity contribution in [3.8, 4) is 0 Å². The van der Waals surface area contributed by atoms with Gasteiger partial charge < -0.3 is 19.6 Å². The van der Waals surface area contributed by atoms with Crippen LogP contribution in [0.2, 0.25) is 0 Å². The third kappa shape index (κ3) is 5.34. The molecule has 2 amide bonds. The summed E-state index contributed by atoms with van der Waals surface area (Å²) in [5.74, 6) is -2.10. The van der Waals surface area contributed by atoms with Crippen LogP contribution in [0.1, 0.15) is 70.4 Å². The van der Waals surface area contributed by atoms with Crippen LogP contribution in [0.25, 0.3) is 0 Å². The quantitative estimate of drug-likeness (QED) is 0.171. The van der Waals surface area contributed by atoms with Gasteiger partial charge >= 0.3 is 5.97 Å². The van der Waals surface area contributed by atoms with Crippen LogP contribution in [0.15, 0.2) is 43.5 Å². The normalized spacial score (nSPS) is 29.2. The number of likely N-dealkylation sites (tertiary alicyclic amines) is 1.